The number of nitrogens with two attached hydrogens (primary N) is 1. The molecule has 1 unspecified atom stereocenters. The predicted octanol–water partition coefficient (Wildman–Crippen LogP) is 3.93. The number of nitro benzene ring substituents is 1. The summed E-state index contributed by atoms with van der Waals surface area (Å²) < 4.78 is 0. The number of nitrogens with zero attached hydrogens (tertiary/aromatic N) is 3. The summed E-state index contributed by atoms with van der Waals surface area (Å²) in [6.45, 7) is 3.17. The summed E-state index contributed by atoms with van der Waals surface area (Å²) in [7, 11) is 0. The molecule has 2 saturated carbocycles. The number of hydrogen-bond acceptors (Lipinski definition) is 6. The van der Waals surface area contributed by atoms with Crippen molar-refractivity contribution in [2.75, 3.05) is 6.54 Å². The van der Waals surface area contributed by atoms with Gasteiger partial charge in [-0.15, -0.1) is 0 Å². The molecule has 0 spiro atoms. The van der Waals surface area contributed by atoms with Gasteiger partial charge in [-0.1, -0.05) is 29.8 Å². The van der Waals surface area contributed by atoms with Crippen molar-refractivity contribution in [1.82, 2.24) is 15.1 Å². The monoisotopic (exact) mass is 533 g/mol. The summed E-state index contributed by atoms with van der Waals surface area (Å²) in [6, 6.07) is 14.6. The third-order valence-corrected chi connectivity index (χ3v) is 8.55. The number of aryl methyl sites for hydroxylation is 1. The molecular formula is C30H39N5O4. The summed E-state index contributed by atoms with van der Waals surface area (Å²) in [5, 5.41) is 14.3. The molecule has 1 saturated heterocycles. The Balaban J connectivity index is 1.34. The Hall–Kier alpha value is -3.30. The lowest BCUT2D eigenvalue weighted by atomic mass is 9.90. The van der Waals surface area contributed by atoms with Crippen LogP contribution in [0.2, 0.25) is 0 Å². The number of carbonyl (C=O) groups is 2. The topological polar surface area (TPSA) is 122 Å². The molecule has 0 radical (unpaired) electrons. The minimum absolute atomic E-state index is 0.0771. The van der Waals surface area contributed by atoms with E-state index >= 15 is 0 Å². The van der Waals surface area contributed by atoms with E-state index in [1.54, 1.807) is 17.0 Å². The second-order valence-corrected chi connectivity index (χ2v) is 11.5. The zero-order valence-corrected chi connectivity index (χ0v) is 22.6. The SMILES string of the molecule is Cc1ccc(C(=O)N2CCC(N(Cc3ccc([N+](=O)[O-])cc3)C3CC3)C[C@@H]2C(=O)NC2CCC(N)CC2)cc1. The van der Waals surface area contributed by atoms with Crippen molar-refractivity contribution in [3.05, 3.63) is 75.3 Å². The molecule has 0 aromatic heterocycles. The van der Waals surface area contributed by atoms with E-state index in [-0.39, 0.29) is 40.6 Å². The number of nitrogens with one attached hydrogen (secondary N) is 1. The third kappa shape index (κ3) is 6.65. The minimum Gasteiger partial charge on any atom is -0.352 e. The Morgan fingerprint density at radius 1 is 0.974 bits per heavy atom. The average Bonchev–Trinajstić information content (AvgIpc) is 3.78. The fraction of sp³-hybridized carbons (Fsp3) is 0.533. The lowest BCUT2D eigenvalue weighted by molar-refractivity contribution is -0.384. The smallest absolute Gasteiger partial charge is 0.269 e. The Morgan fingerprint density at radius 2 is 1.64 bits per heavy atom. The normalized spacial score (nSPS) is 25.4. The van der Waals surface area contributed by atoms with E-state index in [1.807, 2.05) is 43.3 Å². The molecule has 3 fully saturated rings. The molecule has 2 amide bonds. The van der Waals surface area contributed by atoms with E-state index in [9.17, 15) is 19.7 Å². The van der Waals surface area contributed by atoms with E-state index < -0.39 is 6.04 Å². The van der Waals surface area contributed by atoms with E-state index in [2.05, 4.69) is 10.2 Å². The first-order valence-electron chi connectivity index (χ1n) is 14.2. The van der Waals surface area contributed by atoms with Crippen LogP contribution < -0.4 is 11.1 Å². The molecule has 1 heterocycles. The van der Waals surface area contributed by atoms with Gasteiger partial charge >= 0.3 is 0 Å². The first kappa shape index (κ1) is 27.3. The number of benzene rings is 2. The van der Waals surface area contributed by atoms with Gasteiger partial charge in [-0.25, -0.2) is 0 Å². The minimum atomic E-state index is -0.550. The molecule has 2 aliphatic carbocycles. The van der Waals surface area contributed by atoms with Crippen molar-refractivity contribution in [2.45, 2.75) is 95.0 Å². The Morgan fingerprint density at radius 3 is 2.26 bits per heavy atom. The fourth-order valence-electron chi connectivity index (χ4n) is 6.06. The number of carbonyl (C=O) groups excluding carboxylic acids is 2. The average molecular weight is 534 g/mol. The zero-order chi connectivity index (χ0) is 27.5. The second kappa shape index (κ2) is 11.8. The van der Waals surface area contributed by atoms with Gasteiger partial charge in [0.15, 0.2) is 0 Å². The third-order valence-electron chi connectivity index (χ3n) is 8.55. The van der Waals surface area contributed by atoms with Gasteiger partial charge < -0.3 is 16.0 Å². The highest BCUT2D eigenvalue weighted by Gasteiger charge is 2.42. The maximum absolute atomic E-state index is 13.7. The molecule has 9 nitrogen and oxygen atoms in total. The quantitative estimate of drug-likeness (QED) is 0.392. The zero-order valence-electron chi connectivity index (χ0n) is 22.6. The van der Waals surface area contributed by atoms with Crippen LogP contribution in [0.1, 0.15) is 72.9 Å². The van der Waals surface area contributed by atoms with E-state index in [1.165, 1.54) is 0 Å². The molecule has 2 atom stereocenters. The predicted molar refractivity (Wildman–Crippen MR) is 149 cm³/mol. The van der Waals surface area contributed by atoms with Crippen molar-refractivity contribution < 1.29 is 14.5 Å². The van der Waals surface area contributed by atoms with Crippen LogP contribution in [-0.2, 0) is 11.3 Å². The number of rotatable bonds is 8. The van der Waals surface area contributed by atoms with Crippen molar-refractivity contribution in [3.63, 3.8) is 0 Å². The van der Waals surface area contributed by atoms with Crippen LogP contribution in [0.25, 0.3) is 0 Å². The maximum Gasteiger partial charge on any atom is 0.269 e. The van der Waals surface area contributed by atoms with Gasteiger partial charge in [0.2, 0.25) is 5.91 Å². The number of likely N-dealkylation sites (tertiary alicyclic amines) is 1. The van der Waals surface area contributed by atoms with Crippen LogP contribution in [0.15, 0.2) is 48.5 Å². The summed E-state index contributed by atoms with van der Waals surface area (Å²) in [4.78, 5) is 42.3. The van der Waals surface area contributed by atoms with E-state index in [4.69, 9.17) is 5.73 Å². The molecule has 3 aliphatic rings. The second-order valence-electron chi connectivity index (χ2n) is 11.5. The standard InChI is InChI=1S/C30H39N5O4/c1-20-2-6-22(7-3-20)30(37)33-17-16-27(18-28(33)29(36)32-24-10-8-23(31)9-11-24)34(25-14-15-25)19-21-4-12-26(13-5-21)35(38)39/h2-7,12-13,23-25,27-28H,8-11,14-19,31H2,1H3,(H,32,36)/t23?,24?,27?,28-/m1/s1. The highest BCUT2D eigenvalue weighted by atomic mass is 16.6. The van der Waals surface area contributed by atoms with Crippen LogP contribution in [0.5, 0.6) is 0 Å². The van der Waals surface area contributed by atoms with Gasteiger partial charge in [0, 0.05) is 55.0 Å². The van der Waals surface area contributed by atoms with Crippen molar-refractivity contribution in [3.8, 4) is 0 Å². The van der Waals surface area contributed by atoms with Crippen LogP contribution in [0, 0.1) is 17.0 Å². The van der Waals surface area contributed by atoms with Crippen molar-refractivity contribution in [1.29, 1.82) is 0 Å². The molecule has 5 rings (SSSR count). The summed E-state index contributed by atoms with van der Waals surface area (Å²) >= 11 is 0. The highest BCUT2D eigenvalue weighted by molar-refractivity contribution is 5.97. The molecule has 1 aliphatic heterocycles. The number of non-ortho nitro benzene ring substituents is 1. The number of amides is 2. The fourth-order valence-corrected chi connectivity index (χ4v) is 6.06. The van der Waals surface area contributed by atoms with Crippen LogP contribution in [-0.4, -0.2) is 63.3 Å². The van der Waals surface area contributed by atoms with Gasteiger partial charge in [-0.3, -0.25) is 24.6 Å². The summed E-state index contributed by atoms with van der Waals surface area (Å²) in [6.07, 6.45) is 7.09. The molecule has 0 bridgehead atoms. The maximum atomic E-state index is 13.7. The van der Waals surface area contributed by atoms with Crippen LogP contribution in [0.4, 0.5) is 5.69 Å². The Kier molecular flexibility index (Phi) is 8.28. The molecule has 3 N–H and O–H groups in total. The summed E-state index contributed by atoms with van der Waals surface area (Å²) in [5.41, 5.74) is 8.86. The van der Waals surface area contributed by atoms with Gasteiger partial charge in [-0.2, -0.15) is 0 Å². The lowest BCUT2D eigenvalue weighted by Crippen LogP contribution is -2.58. The Bertz CT molecular complexity index is 1170. The van der Waals surface area contributed by atoms with Crippen molar-refractivity contribution in [2.24, 2.45) is 5.73 Å². The first-order valence-corrected chi connectivity index (χ1v) is 14.2. The molecule has 39 heavy (non-hydrogen) atoms. The van der Waals surface area contributed by atoms with Crippen LogP contribution in [0.3, 0.4) is 0 Å². The lowest BCUT2D eigenvalue weighted by Gasteiger charge is -2.43. The molecular weight excluding hydrogens is 494 g/mol. The highest BCUT2D eigenvalue weighted by Crippen LogP contribution is 2.35. The van der Waals surface area contributed by atoms with Gasteiger partial charge in [0.1, 0.15) is 6.04 Å². The molecule has 2 aromatic carbocycles. The van der Waals surface area contributed by atoms with Crippen LogP contribution >= 0.6 is 0 Å². The first-order chi connectivity index (χ1) is 18.8. The van der Waals surface area contributed by atoms with Crippen molar-refractivity contribution >= 4 is 17.5 Å². The molecule has 208 valence electrons. The number of nitro groups is 1. The number of piperidine rings is 1. The van der Waals surface area contributed by atoms with Gasteiger partial charge in [-0.05, 0) is 76.0 Å². The summed E-state index contributed by atoms with van der Waals surface area (Å²) in [5.74, 6) is -0.181. The number of hydrogen-bond donors (Lipinski definition) is 2. The van der Waals surface area contributed by atoms with Gasteiger partial charge in [0.25, 0.3) is 11.6 Å². The van der Waals surface area contributed by atoms with E-state index in [0.717, 1.165) is 56.1 Å². The van der Waals surface area contributed by atoms with Gasteiger partial charge in [0.05, 0.1) is 4.92 Å². The molecule has 2 aromatic rings. The van der Waals surface area contributed by atoms with E-state index in [0.29, 0.717) is 31.1 Å². The Labute approximate surface area is 229 Å². The largest absolute Gasteiger partial charge is 0.352 e. The molecule has 9 heteroatoms.